The van der Waals surface area contributed by atoms with Gasteiger partial charge in [0.05, 0.1) is 9.77 Å². The van der Waals surface area contributed by atoms with Crippen LogP contribution in [0, 0.1) is 0 Å². The molecule has 0 atom stereocenters. The molecule has 0 bridgehead atoms. The summed E-state index contributed by atoms with van der Waals surface area (Å²) in [6.45, 7) is 2.09. The third kappa shape index (κ3) is 3.46. The van der Waals surface area contributed by atoms with Crippen molar-refractivity contribution in [2.45, 2.75) is 11.8 Å². The zero-order valence-electron chi connectivity index (χ0n) is 12.1. The molecule has 1 aromatic heterocycles. The zero-order chi connectivity index (χ0) is 16.3. The van der Waals surface area contributed by atoms with Gasteiger partial charge >= 0.3 is 0 Å². The summed E-state index contributed by atoms with van der Waals surface area (Å²) >= 11 is 1.06. The number of rotatable bonds is 5. The SMILES string of the molecule is CCN(C)S(=O)(=O)c1csc(C(=O)Nc2cccc(O)c2)c1. The maximum Gasteiger partial charge on any atom is 0.265 e. The molecular formula is C14H16N2O4S2. The van der Waals surface area contributed by atoms with Gasteiger partial charge in [-0.3, -0.25) is 4.79 Å². The van der Waals surface area contributed by atoms with Gasteiger partial charge in [-0.1, -0.05) is 13.0 Å². The molecule has 0 radical (unpaired) electrons. The van der Waals surface area contributed by atoms with Crippen LogP contribution in [0.4, 0.5) is 5.69 Å². The molecule has 6 nitrogen and oxygen atoms in total. The van der Waals surface area contributed by atoms with E-state index < -0.39 is 15.9 Å². The highest BCUT2D eigenvalue weighted by atomic mass is 32.2. The van der Waals surface area contributed by atoms with E-state index in [1.807, 2.05) is 0 Å². The first-order chi connectivity index (χ1) is 10.3. The van der Waals surface area contributed by atoms with Gasteiger partial charge in [-0.05, 0) is 18.2 Å². The molecule has 8 heteroatoms. The minimum atomic E-state index is -3.56. The third-order valence-electron chi connectivity index (χ3n) is 3.06. The van der Waals surface area contributed by atoms with E-state index in [0.29, 0.717) is 12.2 Å². The first-order valence-corrected chi connectivity index (χ1v) is 8.82. The van der Waals surface area contributed by atoms with Crippen LogP contribution in [0.25, 0.3) is 0 Å². The van der Waals surface area contributed by atoms with Crippen molar-refractivity contribution in [3.05, 3.63) is 40.6 Å². The molecule has 1 aromatic carbocycles. The molecule has 1 heterocycles. The van der Waals surface area contributed by atoms with Crippen molar-refractivity contribution in [2.75, 3.05) is 18.9 Å². The van der Waals surface area contributed by atoms with Gasteiger partial charge in [0.25, 0.3) is 5.91 Å². The summed E-state index contributed by atoms with van der Waals surface area (Å²) < 4.78 is 25.6. The molecule has 2 rings (SSSR count). The number of anilines is 1. The van der Waals surface area contributed by atoms with Crippen LogP contribution in [0.5, 0.6) is 5.75 Å². The lowest BCUT2D eigenvalue weighted by molar-refractivity contribution is 0.103. The largest absolute Gasteiger partial charge is 0.508 e. The van der Waals surface area contributed by atoms with Crippen molar-refractivity contribution in [3.8, 4) is 5.75 Å². The van der Waals surface area contributed by atoms with Crippen LogP contribution in [0.1, 0.15) is 16.6 Å². The number of sulfonamides is 1. The van der Waals surface area contributed by atoms with Crippen LogP contribution in [-0.4, -0.2) is 37.3 Å². The molecule has 0 unspecified atom stereocenters. The minimum absolute atomic E-state index is 0.0387. The first-order valence-electron chi connectivity index (χ1n) is 6.50. The van der Waals surface area contributed by atoms with E-state index in [9.17, 15) is 18.3 Å². The maximum atomic E-state index is 12.2. The van der Waals surface area contributed by atoms with Gasteiger partial charge in [-0.15, -0.1) is 11.3 Å². The van der Waals surface area contributed by atoms with Crippen molar-refractivity contribution >= 4 is 33.0 Å². The average Bonchev–Trinajstić information content (AvgIpc) is 2.97. The summed E-state index contributed by atoms with van der Waals surface area (Å²) in [6, 6.07) is 7.49. The Labute approximate surface area is 133 Å². The van der Waals surface area contributed by atoms with Crippen molar-refractivity contribution in [3.63, 3.8) is 0 Å². The predicted octanol–water partition coefficient (Wildman–Crippen LogP) is 2.35. The van der Waals surface area contributed by atoms with E-state index in [1.54, 1.807) is 19.1 Å². The van der Waals surface area contributed by atoms with Crippen LogP contribution in [0.3, 0.4) is 0 Å². The van der Waals surface area contributed by atoms with Crippen molar-refractivity contribution in [1.82, 2.24) is 4.31 Å². The maximum absolute atomic E-state index is 12.2. The zero-order valence-corrected chi connectivity index (χ0v) is 13.7. The topological polar surface area (TPSA) is 86.7 Å². The Bertz CT molecular complexity index is 784. The van der Waals surface area contributed by atoms with Gasteiger partial charge < -0.3 is 10.4 Å². The average molecular weight is 340 g/mol. The number of hydrogen-bond acceptors (Lipinski definition) is 5. The molecule has 0 saturated heterocycles. The Morgan fingerprint density at radius 3 is 2.73 bits per heavy atom. The van der Waals surface area contributed by atoms with Crippen LogP contribution < -0.4 is 5.32 Å². The molecule has 2 N–H and O–H groups in total. The second-order valence-electron chi connectivity index (χ2n) is 4.57. The van der Waals surface area contributed by atoms with Crippen molar-refractivity contribution in [1.29, 1.82) is 0 Å². The quantitative estimate of drug-likeness (QED) is 0.875. The van der Waals surface area contributed by atoms with Gasteiger partial charge in [0, 0.05) is 30.7 Å². The summed E-state index contributed by atoms with van der Waals surface area (Å²) in [5, 5.41) is 13.4. The smallest absolute Gasteiger partial charge is 0.265 e. The van der Waals surface area contributed by atoms with Gasteiger partial charge in [-0.25, -0.2) is 12.7 Å². The molecule has 0 aliphatic heterocycles. The number of benzene rings is 1. The van der Waals surface area contributed by atoms with Crippen LogP contribution in [0.15, 0.2) is 40.6 Å². The Balaban J connectivity index is 2.19. The fraction of sp³-hybridized carbons (Fsp3) is 0.214. The Morgan fingerprint density at radius 2 is 2.09 bits per heavy atom. The third-order valence-corrected chi connectivity index (χ3v) is 6.05. The van der Waals surface area contributed by atoms with Gasteiger partial charge in [-0.2, -0.15) is 0 Å². The lowest BCUT2D eigenvalue weighted by atomic mass is 10.3. The number of aromatic hydroxyl groups is 1. The molecule has 0 aliphatic carbocycles. The molecule has 0 fully saturated rings. The predicted molar refractivity (Wildman–Crippen MR) is 85.9 cm³/mol. The van der Waals surface area contributed by atoms with Crippen molar-refractivity contribution in [2.24, 2.45) is 0 Å². The lowest BCUT2D eigenvalue weighted by Gasteiger charge is -2.12. The Hall–Kier alpha value is -1.90. The summed E-state index contributed by atoms with van der Waals surface area (Å²) in [5.74, 6) is -0.381. The number of phenols is 1. The highest BCUT2D eigenvalue weighted by Gasteiger charge is 2.22. The molecule has 0 aliphatic rings. The monoisotopic (exact) mass is 340 g/mol. The number of nitrogens with one attached hydrogen (secondary N) is 1. The van der Waals surface area contributed by atoms with E-state index in [0.717, 1.165) is 11.3 Å². The molecule has 118 valence electrons. The Kier molecular flexibility index (Phi) is 4.84. The van der Waals surface area contributed by atoms with Gasteiger partial charge in [0.15, 0.2) is 0 Å². The second-order valence-corrected chi connectivity index (χ2v) is 7.53. The summed E-state index contributed by atoms with van der Waals surface area (Å²) in [7, 11) is -2.07. The van der Waals surface area contributed by atoms with E-state index in [2.05, 4.69) is 5.32 Å². The van der Waals surface area contributed by atoms with Crippen LogP contribution in [-0.2, 0) is 10.0 Å². The van der Waals surface area contributed by atoms with Gasteiger partial charge in [0.2, 0.25) is 10.0 Å². The van der Waals surface area contributed by atoms with Crippen molar-refractivity contribution < 1.29 is 18.3 Å². The molecular weight excluding hydrogens is 324 g/mol. The minimum Gasteiger partial charge on any atom is -0.508 e. The summed E-state index contributed by atoms with van der Waals surface area (Å²) in [6.07, 6.45) is 0. The number of hydrogen-bond donors (Lipinski definition) is 2. The Morgan fingerprint density at radius 1 is 1.36 bits per heavy atom. The highest BCUT2D eigenvalue weighted by Crippen LogP contribution is 2.23. The molecule has 22 heavy (non-hydrogen) atoms. The number of nitrogens with zero attached hydrogens (tertiary/aromatic N) is 1. The second kappa shape index (κ2) is 6.47. The van der Waals surface area contributed by atoms with E-state index in [4.69, 9.17) is 0 Å². The van der Waals surface area contributed by atoms with E-state index in [1.165, 1.54) is 34.9 Å². The molecule has 0 spiro atoms. The van der Waals surface area contributed by atoms with E-state index >= 15 is 0 Å². The van der Waals surface area contributed by atoms with E-state index in [-0.39, 0.29) is 15.5 Å². The normalized spacial score (nSPS) is 11.6. The highest BCUT2D eigenvalue weighted by molar-refractivity contribution is 7.89. The molecule has 1 amide bonds. The molecule has 2 aromatic rings. The lowest BCUT2D eigenvalue weighted by Crippen LogP contribution is -2.26. The van der Waals surface area contributed by atoms with Crippen LogP contribution >= 0.6 is 11.3 Å². The number of phenolic OH excluding ortho intramolecular Hbond substituents is 1. The first kappa shape index (κ1) is 16.5. The number of amides is 1. The number of carbonyl (C=O) groups is 1. The number of thiophene rings is 1. The van der Waals surface area contributed by atoms with Crippen LogP contribution in [0.2, 0.25) is 0 Å². The molecule has 0 saturated carbocycles. The summed E-state index contributed by atoms with van der Waals surface area (Å²) in [4.78, 5) is 12.5. The summed E-state index contributed by atoms with van der Waals surface area (Å²) in [5.41, 5.74) is 0.438. The fourth-order valence-electron chi connectivity index (χ4n) is 1.70. The van der Waals surface area contributed by atoms with Gasteiger partial charge in [0.1, 0.15) is 5.75 Å². The fourth-order valence-corrected chi connectivity index (χ4v) is 4.04. The standard InChI is InChI=1S/C14H16N2O4S2/c1-3-16(2)22(19,20)12-8-13(21-9-12)14(18)15-10-5-4-6-11(17)7-10/h4-9,17H,3H2,1-2H3,(H,15,18). The number of carbonyl (C=O) groups excluding carboxylic acids is 1.